The Balaban J connectivity index is 1.30. The quantitative estimate of drug-likeness (QED) is 0.513. The van der Waals surface area contributed by atoms with Gasteiger partial charge in [-0.3, -0.25) is 4.79 Å². The molecule has 2 aliphatic rings. The molecule has 2 aromatic carbocycles. The van der Waals surface area contributed by atoms with Crippen LogP contribution in [0.5, 0.6) is 11.5 Å². The predicted octanol–water partition coefficient (Wildman–Crippen LogP) is 3.99. The van der Waals surface area contributed by atoms with Crippen molar-refractivity contribution in [1.82, 2.24) is 4.31 Å². The van der Waals surface area contributed by atoms with Gasteiger partial charge in [-0.2, -0.15) is 4.31 Å². The van der Waals surface area contributed by atoms with Crippen LogP contribution < -0.4 is 14.4 Å². The van der Waals surface area contributed by atoms with Gasteiger partial charge in [0.1, 0.15) is 19.0 Å². The predicted molar refractivity (Wildman–Crippen MR) is 130 cm³/mol. The zero-order valence-electron chi connectivity index (χ0n) is 19.6. The van der Waals surface area contributed by atoms with Crippen LogP contribution in [0.4, 0.5) is 5.69 Å². The van der Waals surface area contributed by atoms with Gasteiger partial charge in [0.15, 0.2) is 11.5 Å². The van der Waals surface area contributed by atoms with E-state index in [2.05, 4.69) is 0 Å². The van der Waals surface area contributed by atoms with Crippen molar-refractivity contribution in [3.8, 4) is 11.5 Å². The third-order valence-electron chi connectivity index (χ3n) is 6.46. The number of hydrogen-bond donors (Lipinski definition) is 0. The number of sulfonamides is 1. The monoisotopic (exact) mass is 496 g/mol. The fraction of sp³-hybridized carbons (Fsp3) is 0.346. The van der Waals surface area contributed by atoms with Crippen molar-refractivity contribution in [2.24, 2.45) is 5.92 Å². The molecule has 5 rings (SSSR count). The second kappa shape index (κ2) is 9.75. The van der Waals surface area contributed by atoms with Crippen LogP contribution in [-0.2, 0) is 21.4 Å². The molecule has 2 aliphatic heterocycles. The fourth-order valence-electron chi connectivity index (χ4n) is 4.48. The van der Waals surface area contributed by atoms with Gasteiger partial charge in [-0.15, -0.1) is 0 Å². The Morgan fingerprint density at radius 1 is 1.00 bits per heavy atom. The summed E-state index contributed by atoms with van der Waals surface area (Å²) >= 11 is 0. The van der Waals surface area contributed by atoms with Crippen LogP contribution in [-0.4, -0.2) is 44.9 Å². The number of nitrogens with zero attached hydrogens (tertiary/aromatic N) is 2. The minimum atomic E-state index is -3.70. The van der Waals surface area contributed by atoms with E-state index in [-0.39, 0.29) is 29.8 Å². The summed E-state index contributed by atoms with van der Waals surface area (Å²) in [4.78, 5) is 15.5. The van der Waals surface area contributed by atoms with Gasteiger partial charge in [-0.1, -0.05) is 17.7 Å². The average Bonchev–Trinajstić information content (AvgIpc) is 3.41. The van der Waals surface area contributed by atoms with Crippen molar-refractivity contribution >= 4 is 21.6 Å². The van der Waals surface area contributed by atoms with E-state index in [1.807, 2.05) is 37.3 Å². The van der Waals surface area contributed by atoms with E-state index >= 15 is 0 Å². The lowest BCUT2D eigenvalue weighted by Gasteiger charge is -2.33. The number of aryl methyl sites for hydroxylation is 1. The number of hydrogen-bond acceptors (Lipinski definition) is 6. The summed E-state index contributed by atoms with van der Waals surface area (Å²) in [6, 6.07) is 16.1. The maximum Gasteiger partial charge on any atom is 0.243 e. The molecule has 1 amide bonds. The summed E-state index contributed by atoms with van der Waals surface area (Å²) in [5.41, 5.74) is 1.90. The van der Waals surface area contributed by atoms with Gasteiger partial charge in [-0.25, -0.2) is 8.42 Å². The first-order chi connectivity index (χ1) is 16.9. The molecule has 0 spiro atoms. The van der Waals surface area contributed by atoms with Crippen LogP contribution in [0.25, 0.3) is 0 Å². The molecule has 1 saturated heterocycles. The van der Waals surface area contributed by atoms with Gasteiger partial charge in [0, 0.05) is 30.8 Å². The molecule has 0 bridgehead atoms. The Kier molecular flexibility index (Phi) is 6.53. The van der Waals surface area contributed by atoms with Crippen LogP contribution >= 0.6 is 0 Å². The standard InChI is InChI=1S/C26H28N2O6S/c1-19-4-6-21(7-5-19)28(18-22-3-2-14-32-22)26(29)20-10-12-27(13-11-20)35(30,31)23-8-9-24-25(17-23)34-16-15-33-24/h2-9,14,17,20H,10-13,15-16,18H2,1H3. The van der Waals surface area contributed by atoms with Crippen LogP contribution in [0.1, 0.15) is 24.2 Å². The number of ether oxygens (including phenoxy) is 2. The van der Waals surface area contributed by atoms with Crippen LogP contribution in [0, 0.1) is 12.8 Å². The average molecular weight is 497 g/mol. The van der Waals surface area contributed by atoms with E-state index in [4.69, 9.17) is 13.9 Å². The molecular formula is C26H28N2O6S. The minimum Gasteiger partial charge on any atom is -0.486 e. The van der Waals surface area contributed by atoms with Crippen LogP contribution in [0.15, 0.2) is 70.2 Å². The maximum atomic E-state index is 13.6. The van der Waals surface area contributed by atoms with Crippen molar-refractivity contribution in [3.05, 3.63) is 72.2 Å². The highest BCUT2D eigenvalue weighted by atomic mass is 32.2. The summed E-state index contributed by atoms with van der Waals surface area (Å²) in [6.07, 6.45) is 2.49. The van der Waals surface area contributed by atoms with Gasteiger partial charge in [0.05, 0.1) is 17.7 Å². The number of rotatable bonds is 6. The summed E-state index contributed by atoms with van der Waals surface area (Å²) < 4.78 is 44.5. The highest BCUT2D eigenvalue weighted by Gasteiger charge is 2.35. The molecule has 1 aromatic heterocycles. The lowest BCUT2D eigenvalue weighted by molar-refractivity contribution is -0.123. The van der Waals surface area contributed by atoms with Crippen LogP contribution in [0.2, 0.25) is 0 Å². The Morgan fingerprint density at radius 3 is 2.40 bits per heavy atom. The number of carbonyl (C=O) groups excluding carboxylic acids is 1. The summed E-state index contributed by atoms with van der Waals surface area (Å²) in [5.74, 6) is 1.37. The molecule has 9 heteroatoms. The second-order valence-electron chi connectivity index (χ2n) is 8.82. The molecule has 0 aliphatic carbocycles. The highest BCUT2D eigenvalue weighted by Crippen LogP contribution is 2.34. The molecule has 0 N–H and O–H groups in total. The molecule has 0 unspecified atom stereocenters. The first-order valence-electron chi connectivity index (χ1n) is 11.7. The first-order valence-corrected chi connectivity index (χ1v) is 13.2. The molecule has 0 radical (unpaired) electrons. The highest BCUT2D eigenvalue weighted by molar-refractivity contribution is 7.89. The zero-order valence-corrected chi connectivity index (χ0v) is 20.4. The van der Waals surface area contributed by atoms with Crippen molar-refractivity contribution in [3.63, 3.8) is 0 Å². The zero-order chi connectivity index (χ0) is 24.4. The van der Waals surface area contributed by atoms with Gasteiger partial charge in [0.25, 0.3) is 0 Å². The molecule has 35 heavy (non-hydrogen) atoms. The second-order valence-corrected chi connectivity index (χ2v) is 10.8. The van der Waals surface area contributed by atoms with Gasteiger partial charge in [-0.05, 0) is 56.2 Å². The van der Waals surface area contributed by atoms with E-state index in [0.717, 1.165) is 11.3 Å². The molecule has 1 fully saturated rings. The fourth-order valence-corrected chi connectivity index (χ4v) is 5.96. The van der Waals surface area contributed by atoms with Gasteiger partial charge in [0.2, 0.25) is 15.9 Å². The molecule has 0 atom stereocenters. The molecular weight excluding hydrogens is 468 g/mol. The minimum absolute atomic E-state index is 0.0263. The SMILES string of the molecule is Cc1ccc(N(Cc2ccco2)C(=O)C2CCN(S(=O)(=O)c3ccc4c(c3)OCCO4)CC2)cc1. The number of carbonyl (C=O) groups is 1. The lowest BCUT2D eigenvalue weighted by Crippen LogP contribution is -2.44. The summed E-state index contributed by atoms with van der Waals surface area (Å²) in [5, 5.41) is 0. The first kappa shape index (κ1) is 23.4. The Hall–Kier alpha value is -3.30. The molecule has 8 nitrogen and oxygen atoms in total. The Labute approximate surface area is 205 Å². The Morgan fingerprint density at radius 2 is 1.71 bits per heavy atom. The third-order valence-corrected chi connectivity index (χ3v) is 8.35. The summed E-state index contributed by atoms with van der Waals surface area (Å²) in [7, 11) is -3.70. The van der Waals surface area contributed by atoms with Gasteiger partial charge >= 0.3 is 0 Å². The number of anilines is 1. The normalized spacial score (nSPS) is 16.7. The van der Waals surface area contributed by atoms with E-state index in [1.165, 1.54) is 10.4 Å². The number of fused-ring (bicyclic) bond motifs is 1. The molecule has 3 heterocycles. The molecule has 0 saturated carbocycles. The van der Waals surface area contributed by atoms with Crippen molar-refractivity contribution in [1.29, 1.82) is 0 Å². The topological polar surface area (TPSA) is 89.3 Å². The number of piperidine rings is 1. The van der Waals surface area contributed by atoms with E-state index in [0.29, 0.717) is 49.9 Å². The number of benzene rings is 2. The van der Waals surface area contributed by atoms with E-state index < -0.39 is 10.0 Å². The number of furan rings is 1. The lowest BCUT2D eigenvalue weighted by atomic mass is 9.96. The van der Waals surface area contributed by atoms with E-state index in [1.54, 1.807) is 29.4 Å². The largest absolute Gasteiger partial charge is 0.486 e. The van der Waals surface area contributed by atoms with Crippen molar-refractivity contribution in [2.45, 2.75) is 31.2 Å². The number of amides is 1. The Bertz CT molecular complexity index is 1280. The smallest absolute Gasteiger partial charge is 0.243 e. The van der Waals surface area contributed by atoms with Crippen molar-refractivity contribution < 1.29 is 27.1 Å². The molecule has 184 valence electrons. The van der Waals surface area contributed by atoms with E-state index in [9.17, 15) is 13.2 Å². The maximum absolute atomic E-state index is 13.6. The third kappa shape index (κ3) is 4.92. The van der Waals surface area contributed by atoms with Crippen LogP contribution in [0.3, 0.4) is 0 Å². The molecule has 3 aromatic rings. The van der Waals surface area contributed by atoms with Gasteiger partial charge < -0.3 is 18.8 Å². The summed E-state index contributed by atoms with van der Waals surface area (Å²) in [6.45, 7) is 3.70. The van der Waals surface area contributed by atoms with Crippen molar-refractivity contribution in [2.75, 3.05) is 31.2 Å².